The fourth-order valence-electron chi connectivity index (χ4n) is 2.52. The highest BCUT2D eigenvalue weighted by Gasteiger charge is 2.20. The highest BCUT2D eigenvalue weighted by molar-refractivity contribution is 6.33. The maximum absolute atomic E-state index is 12.1. The molecule has 23 heavy (non-hydrogen) atoms. The zero-order valence-electron chi connectivity index (χ0n) is 12.7. The first-order chi connectivity index (χ1) is 11.2. The first-order valence-corrected chi connectivity index (χ1v) is 7.89. The van der Waals surface area contributed by atoms with Crippen LogP contribution >= 0.6 is 11.6 Å². The number of hydrogen-bond acceptors (Lipinski definition) is 5. The van der Waals surface area contributed by atoms with Crippen LogP contribution in [0.5, 0.6) is 0 Å². The maximum Gasteiger partial charge on any atom is 0.238 e. The van der Waals surface area contributed by atoms with E-state index in [2.05, 4.69) is 25.1 Å². The van der Waals surface area contributed by atoms with E-state index in [9.17, 15) is 4.79 Å². The lowest BCUT2D eigenvalue weighted by Gasteiger charge is -2.34. The monoisotopic (exact) mass is 331 g/mol. The van der Waals surface area contributed by atoms with Gasteiger partial charge >= 0.3 is 0 Å². The Morgan fingerprint density at radius 1 is 1.09 bits per heavy atom. The van der Waals surface area contributed by atoms with Gasteiger partial charge in [0.25, 0.3) is 0 Å². The Hall–Kier alpha value is -2.18. The van der Waals surface area contributed by atoms with Crippen molar-refractivity contribution in [1.82, 2.24) is 14.9 Å². The molecule has 2 heterocycles. The van der Waals surface area contributed by atoms with Gasteiger partial charge in [-0.05, 0) is 18.2 Å². The van der Waals surface area contributed by atoms with Gasteiger partial charge in [-0.3, -0.25) is 9.69 Å². The summed E-state index contributed by atoms with van der Waals surface area (Å²) in [6, 6.07) is 9.04. The van der Waals surface area contributed by atoms with Crippen molar-refractivity contribution in [2.45, 2.75) is 0 Å². The van der Waals surface area contributed by atoms with E-state index < -0.39 is 0 Å². The average molecular weight is 332 g/mol. The second-order valence-electron chi connectivity index (χ2n) is 5.34. The molecule has 0 unspecified atom stereocenters. The van der Waals surface area contributed by atoms with Crippen LogP contribution in [0.4, 0.5) is 11.6 Å². The van der Waals surface area contributed by atoms with Gasteiger partial charge in [-0.25, -0.2) is 9.97 Å². The van der Waals surface area contributed by atoms with Crippen molar-refractivity contribution in [3.8, 4) is 0 Å². The Bertz CT molecular complexity index is 659. The van der Waals surface area contributed by atoms with E-state index in [4.69, 9.17) is 11.6 Å². The van der Waals surface area contributed by atoms with Gasteiger partial charge in [0.2, 0.25) is 11.9 Å². The molecule has 2 aromatic rings. The number of halogens is 1. The SMILES string of the molecule is O=C(CN1CCN(c2ncccn2)CC1)Nc1ccccc1Cl. The number of carbonyl (C=O) groups is 1. The molecule has 1 aliphatic rings. The van der Waals surface area contributed by atoms with E-state index in [1.54, 1.807) is 30.6 Å². The molecule has 1 aromatic heterocycles. The van der Waals surface area contributed by atoms with E-state index in [0.717, 1.165) is 32.1 Å². The zero-order chi connectivity index (χ0) is 16.1. The van der Waals surface area contributed by atoms with Crippen LogP contribution in [-0.2, 0) is 4.79 Å². The third kappa shape index (κ3) is 4.18. The number of anilines is 2. The normalized spacial score (nSPS) is 15.4. The lowest BCUT2D eigenvalue weighted by Crippen LogP contribution is -2.49. The number of aromatic nitrogens is 2. The van der Waals surface area contributed by atoms with Crippen LogP contribution in [0.25, 0.3) is 0 Å². The molecule has 0 saturated carbocycles. The molecule has 7 heteroatoms. The van der Waals surface area contributed by atoms with Crippen LogP contribution < -0.4 is 10.2 Å². The standard InChI is InChI=1S/C16H18ClN5O/c17-13-4-1-2-5-14(13)20-15(23)12-21-8-10-22(11-9-21)16-18-6-3-7-19-16/h1-7H,8-12H2,(H,20,23). The summed E-state index contributed by atoms with van der Waals surface area (Å²) in [5, 5.41) is 3.40. The third-order valence-corrected chi connectivity index (χ3v) is 4.05. The number of hydrogen-bond donors (Lipinski definition) is 1. The van der Waals surface area contributed by atoms with Gasteiger partial charge in [-0.15, -0.1) is 0 Å². The number of piperazine rings is 1. The van der Waals surface area contributed by atoms with E-state index in [0.29, 0.717) is 17.3 Å². The van der Waals surface area contributed by atoms with Crippen molar-refractivity contribution < 1.29 is 4.79 Å². The number of para-hydroxylation sites is 1. The second kappa shape index (κ2) is 7.39. The molecule has 0 atom stereocenters. The molecule has 0 aliphatic carbocycles. The Morgan fingerprint density at radius 3 is 2.48 bits per heavy atom. The van der Waals surface area contributed by atoms with Gasteiger partial charge in [-0.2, -0.15) is 0 Å². The number of amides is 1. The summed E-state index contributed by atoms with van der Waals surface area (Å²) in [7, 11) is 0. The summed E-state index contributed by atoms with van der Waals surface area (Å²) in [6.07, 6.45) is 3.48. The summed E-state index contributed by atoms with van der Waals surface area (Å²) >= 11 is 6.05. The highest BCUT2D eigenvalue weighted by atomic mass is 35.5. The largest absolute Gasteiger partial charge is 0.338 e. The predicted molar refractivity (Wildman–Crippen MR) is 90.8 cm³/mol. The van der Waals surface area contributed by atoms with Crippen LogP contribution in [0, 0.1) is 0 Å². The van der Waals surface area contributed by atoms with Gasteiger partial charge < -0.3 is 10.2 Å². The number of rotatable bonds is 4. The van der Waals surface area contributed by atoms with Crippen LogP contribution in [0.1, 0.15) is 0 Å². The molecule has 0 spiro atoms. The molecule has 0 bridgehead atoms. The van der Waals surface area contributed by atoms with Gasteiger partial charge in [0.15, 0.2) is 0 Å². The van der Waals surface area contributed by atoms with Crippen LogP contribution in [-0.4, -0.2) is 53.5 Å². The molecule has 1 aliphatic heterocycles. The minimum atomic E-state index is -0.0532. The van der Waals surface area contributed by atoms with Gasteiger partial charge in [0.1, 0.15) is 0 Å². The molecule has 0 radical (unpaired) electrons. The van der Waals surface area contributed by atoms with Crippen LogP contribution in [0.3, 0.4) is 0 Å². The van der Waals surface area contributed by atoms with Crippen molar-refractivity contribution in [3.63, 3.8) is 0 Å². The summed E-state index contributed by atoms with van der Waals surface area (Å²) in [5.74, 6) is 0.690. The molecule has 6 nitrogen and oxygen atoms in total. The minimum absolute atomic E-state index is 0.0532. The minimum Gasteiger partial charge on any atom is -0.338 e. The Kier molecular flexibility index (Phi) is 5.05. The van der Waals surface area contributed by atoms with E-state index in [-0.39, 0.29) is 5.91 Å². The van der Waals surface area contributed by atoms with Crippen LogP contribution in [0.2, 0.25) is 5.02 Å². The first-order valence-electron chi connectivity index (χ1n) is 7.51. The maximum atomic E-state index is 12.1. The molecule has 1 fully saturated rings. The highest BCUT2D eigenvalue weighted by Crippen LogP contribution is 2.20. The Morgan fingerprint density at radius 2 is 1.78 bits per heavy atom. The third-order valence-electron chi connectivity index (χ3n) is 3.72. The molecular weight excluding hydrogens is 314 g/mol. The van der Waals surface area contributed by atoms with Crippen LogP contribution in [0.15, 0.2) is 42.7 Å². The first kappa shape index (κ1) is 15.7. The number of benzene rings is 1. The Balaban J connectivity index is 1.49. The van der Waals surface area contributed by atoms with Crippen molar-refractivity contribution in [1.29, 1.82) is 0 Å². The van der Waals surface area contributed by atoms with E-state index >= 15 is 0 Å². The second-order valence-corrected chi connectivity index (χ2v) is 5.75. The number of nitrogens with one attached hydrogen (secondary N) is 1. The molecule has 1 amide bonds. The quantitative estimate of drug-likeness (QED) is 0.927. The van der Waals surface area contributed by atoms with Gasteiger partial charge in [0.05, 0.1) is 17.3 Å². The van der Waals surface area contributed by atoms with Gasteiger partial charge in [-0.1, -0.05) is 23.7 Å². The fraction of sp³-hybridized carbons (Fsp3) is 0.312. The predicted octanol–water partition coefficient (Wildman–Crippen LogP) is 1.89. The summed E-state index contributed by atoms with van der Waals surface area (Å²) in [4.78, 5) is 24.9. The summed E-state index contributed by atoms with van der Waals surface area (Å²) in [6.45, 7) is 3.57. The average Bonchev–Trinajstić information content (AvgIpc) is 2.58. The zero-order valence-corrected chi connectivity index (χ0v) is 13.4. The van der Waals surface area contributed by atoms with Gasteiger partial charge in [0, 0.05) is 38.6 Å². The fourth-order valence-corrected chi connectivity index (χ4v) is 2.70. The van der Waals surface area contributed by atoms with Crippen molar-refractivity contribution in [2.24, 2.45) is 0 Å². The summed E-state index contributed by atoms with van der Waals surface area (Å²) < 4.78 is 0. The molecule has 3 rings (SSSR count). The smallest absolute Gasteiger partial charge is 0.238 e. The molecule has 1 N–H and O–H groups in total. The lowest BCUT2D eigenvalue weighted by atomic mass is 10.3. The van der Waals surface area contributed by atoms with Crippen molar-refractivity contribution >= 4 is 29.1 Å². The van der Waals surface area contributed by atoms with E-state index in [1.807, 2.05) is 12.1 Å². The topological polar surface area (TPSA) is 61.4 Å². The number of carbonyl (C=O) groups excluding carboxylic acids is 1. The molecule has 1 aromatic carbocycles. The van der Waals surface area contributed by atoms with Crippen molar-refractivity contribution in [2.75, 3.05) is 42.9 Å². The molecule has 120 valence electrons. The van der Waals surface area contributed by atoms with E-state index in [1.165, 1.54) is 0 Å². The Labute approximate surface area is 140 Å². The number of nitrogens with zero attached hydrogens (tertiary/aromatic N) is 4. The summed E-state index contributed by atoms with van der Waals surface area (Å²) in [5.41, 5.74) is 0.649. The lowest BCUT2D eigenvalue weighted by molar-refractivity contribution is -0.117. The molecular formula is C16H18ClN5O. The van der Waals surface area contributed by atoms with Crippen molar-refractivity contribution in [3.05, 3.63) is 47.7 Å². The molecule has 1 saturated heterocycles.